The maximum absolute atomic E-state index is 11.1. The van der Waals surface area contributed by atoms with Crippen LogP contribution in [0.4, 0.5) is 0 Å². The molecule has 23 heavy (non-hydrogen) atoms. The summed E-state index contributed by atoms with van der Waals surface area (Å²) >= 11 is 2.84. The Morgan fingerprint density at radius 1 is 1.35 bits per heavy atom. The predicted octanol–water partition coefficient (Wildman–Crippen LogP) is 2.58. The molecule has 0 spiro atoms. The van der Waals surface area contributed by atoms with Gasteiger partial charge in [0.1, 0.15) is 5.75 Å². The van der Waals surface area contributed by atoms with Crippen LogP contribution in [0.2, 0.25) is 0 Å². The second-order valence-electron chi connectivity index (χ2n) is 4.58. The van der Waals surface area contributed by atoms with Gasteiger partial charge in [-0.15, -0.1) is 21.5 Å². The first-order chi connectivity index (χ1) is 11.2. The van der Waals surface area contributed by atoms with E-state index >= 15 is 0 Å². The Balaban J connectivity index is 2.10. The van der Waals surface area contributed by atoms with Crippen molar-refractivity contribution in [2.24, 2.45) is 5.73 Å². The summed E-state index contributed by atoms with van der Waals surface area (Å²) in [4.78, 5) is 12.1. The first kappa shape index (κ1) is 15.6. The molecule has 0 aliphatic rings. The summed E-state index contributed by atoms with van der Waals surface area (Å²) in [7, 11) is 1.62. The minimum atomic E-state index is -0.395. The number of nitrogens with zero attached hydrogens (tertiary/aromatic N) is 3. The maximum Gasteiger partial charge on any atom is 0.227 e. The van der Waals surface area contributed by atoms with Gasteiger partial charge in [-0.2, -0.15) is 0 Å². The Kier molecular flexibility index (Phi) is 4.63. The molecule has 2 heterocycles. The highest BCUT2D eigenvalue weighted by molar-refractivity contribution is 7.99. The van der Waals surface area contributed by atoms with E-state index in [9.17, 15) is 4.79 Å². The van der Waals surface area contributed by atoms with Crippen molar-refractivity contribution in [1.29, 1.82) is 0 Å². The molecule has 1 aromatic carbocycles. The normalized spacial score (nSPS) is 10.7. The fourth-order valence-electron chi connectivity index (χ4n) is 2.05. The Hall–Kier alpha value is -2.32. The topological polar surface area (TPSA) is 83.0 Å². The van der Waals surface area contributed by atoms with Gasteiger partial charge in [-0.1, -0.05) is 23.9 Å². The molecule has 3 aromatic rings. The largest absolute Gasteiger partial charge is 0.497 e. The molecule has 0 radical (unpaired) electrons. The number of amides is 1. The molecule has 0 aliphatic carbocycles. The third-order valence-electron chi connectivity index (χ3n) is 3.03. The molecular formula is C15H14N4O2S2. The Morgan fingerprint density at radius 2 is 2.22 bits per heavy atom. The third-order valence-corrected chi connectivity index (χ3v) is 4.85. The molecule has 0 aliphatic heterocycles. The Morgan fingerprint density at radius 3 is 2.91 bits per heavy atom. The number of thiophene rings is 1. The number of benzene rings is 1. The van der Waals surface area contributed by atoms with Crippen molar-refractivity contribution in [3.63, 3.8) is 0 Å². The molecule has 0 saturated heterocycles. The van der Waals surface area contributed by atoms with Gasteiger partial charge >= 0.3 is 0 Å². The van der Waals surface area contributed by atoms with Gasteiger partial charge in [-0.3, -0.25) is 9.36 Å². The van der Waals surface area contributed by atoms with E-state index in [-0.39, 0.29) is 5.75 Å². The Bertz CT molecular complexity index is 815. The number of thioether (sulfide) groups is 1. The van der Waals surface area contributed by atoms with Crippen molar-refractivity contribution in [3.05, 3.63) is 41.8 Å². The number of aromatic nitrogens is 3. The van der Waals surface area contributed by atoms with Crippen LogP contribution in [0.15, 0.2) is 46.9 Å². The SMILES string of the molecule is COc1cccc(-n2c(SCC(N)=O)nnc2-c2cccs2)c1. The molecular weight excluding hydrogens is 332 g/mol. The maximum atomic E-state index is 11.1. The molecule has 3 rings (SSSR count). The van der Waals surface area contributed by atoms with Gasteiger partial charge < -0.3 is 10.5 Å². The molecule has 2 N–H and O–H groups in total. The summed E-state index contributed by atoms with van der Waals surface area (Å²) in [6, 6.07) is 11.5. The molecule has 8 heteroatoms. The number of methoxy groups -OCH3 is 1. The van der Waals surface area contributed by atoms with Gasteiger partial charge in [0.15, 0.2) is 11.0 Å². The van der Waals surface area contributed by atoms with E-state index in [1.165, 1.54) is 11.8 Å². The van der Waals surface area contributed by atoms with Crippen LogP contribution in [0.1, 0.15) is 0 Å². The first-order valence-corrected chi connectivity index (χ1v) is 8.60. The number of hydrogen-bond donors (Lipinski definition) is 1. The highest BCUT2D eigenvalue weighted by Gasteiger charge is 2.17. The zero-order valence-corrected chi connectivity index (χ0v) is 13.9. The van der Waals surface area contributed by atoms with Gasteiger partial charge in [-0.25, -0.2) is 0 Å². The zero-order valence-electron chi connectivity index (χ0n) is 12.3. The van der Waals surface area contributed by atoms with Gasteiger partial charge in [-0.05, 0) is 23.6 Å². The average molecular weight is 346 g/mol. The van der Waals surface area contributed by atoms with Crippen LogP contribution in [0.3, 0.4) is 0 Å². The monoisotopic (exact) mass is 346 g/mol. The van der Waals surface area contributed by atoms with Crippen molar-refractivity contribution in [1.82, 2.24) is 14.8 Å². The summed E-state index contributed by atoms with van der Waals surface area (Å²) in [6.45, 7) is 0. The highest BCUT2D eigenvalue weighted by atomic mass is 32.2. The number of rotatable bonds is 6. The van der Waals surface area contributed by atoms with Crippen molar-refractivity contribution in [3.8, 4) is 22.1 Å². The Labute approximate surface area is 141 Å². The average Bonchev–Trinajstić information content (AvgIpc) is 3.21. The van der Waals surface area contributed by atoms with Crippen LogP contribution in [-0.4, -0.2) is 33.5 Å². The summed E-state index contributed by atoms with van der Waals surface area (Å²) in [5.74, 6) is 1.21. The second-order valence-corrected chi connectivity index (χ2v) is 6.47. The number of ether oxygens (including phenoxy) is 1. The van der Waals surface area contributed by atoms with E-state index < -0.39 is 5.91 Å². The van der Waals surface area contributed by atoms with Crippen LogP contribution in [0, 0.1) is 0 Å². The summed E-state index contributed by atoms with van der Waals surface area (Å²) < 4.78 is 7.19. The van der Waals surface area contributed by atoms with Crippen molar-refractivity contribution in [2.45, 2.75) is 5.16 Å². The van der Waals surface area contributed by atoms with Crippen LogP contribution in [0.25, 0.3) is 16.4 Å². The van der Waals surface area contributed by atoms with E-state index in [0.717, 1.165) is 22.1 Å². The molecule has 1 amide bonds. The van der Waals surface area contributed by atoms with Crippen molar-refractivity contribution >= 4 is 29.0 Å². The molecule has 118 valence electrons. The van der Waals surface area contributed by atoms with E-state index in [1.54, 1.807) is 18.4 Å². The number of carbonyl (C=O) groups excluding carboxylic acids is 1. The lowest BCUT2D eigenvalue weighted by molar-refractivity contribution is -0.115. The van der Waals surface area contributed by atoms with Gasteiger partial charge in [0.25, 0.3) is 0 Å². The van der Waals surface area contributed by atoms with Gasteiger partial charge in [0.2, 0.25) is 5.91 Å². The molecule has 0 fully saturated rings. The van der Waals surface area contributed by atoms with E-state index in [1.807, 2.05) is 46.3 Å². The van der Waals surface area contributed by atoms with Crippen molar-refractivity contribution in [2.75, 3.05) is 12.9 Å². The van der Waals surface area contributed by atoms with Gasteiger partial charge in [0, 0.05) is 6.07 Å². The summed E-state index contributed by atoms with van der Waals surface area (Å²) in [6.07, 6.45) is 0. The van der Waals surface area contributed by atoms with Crippen LogP contribution >= 0.6 is 23.1 Å². The summed E-state index contributed by atoms with van der Waals surface area (Å²) in [5.41, 5.74) is 6.11. The number of hydrogen-bond acceptors (Lipinski definition) is 6. The second kappa shape index (κ2) is 6.84. The predicted molar refractivity (Wildman–Crippen MR) is 91.1 cm³/mol. The quantitative estimate of drug-likeness (QED) is 0.694. The van der Waals surface area contributed by atoms with Crippen LogP contribution < -0.4 is 10.5 Å². The third kappa shape index (κ3) is 3.38. The van der Waals surface area contributed by atoms with E-state index in [0.29, 0.717) is 5.16 Å². The molecule has 2 aromatic heterocycles. The molecule has 0 bridgehead atoms. The number of primary amides is 1. The highest BCUT2D eigenvalue weighted by Crippen LogP contribution is 2.31. The fraction of sp³-hybridized carbons (Fsp3) is 0.133. The van der Waals surface area contributed by atoms with Crippen LogP contribution in [0.5, 0.6) is 5.75 Å². The molecule has 0 unspecified atom stereocenters. The number of carbonyl (C=O) groups is 1. The first-order valence-electron chi connectivity index (χ1n) is 6.74. The lowest BCUT2D eigenvalue weighted by Gasteiger charge is -2.10. The lowest BCUT2D eigenvalue weighted by atomic mass is 10.3. The van der Waals surface area contributed by atoms with Crippen molar-refractivity contribution < 1.29 is 9.53 Å². The standard InChI is InChI=1S/C15H14N4O2S2/c1-21-11-5-2-4-10(8-11)19-14(12-6-3-7-22-12)17-18-15(19)23-9-13(16)20/h2-8H,9H2,1H3,(H2,16,20). The van der Waals surface area contributed by atoms with Crippen LogP contribution in [-0.2, 0) is 4.79 Å². The number of nitrogens with two attached hydrogens (primary N) is 1. The smallest absolute Gasteiger partial charge is 0.227 e. The zero-order chi connectivity index (χ0) is 16.2. The van der Waals surface area contributed by atoms with Gasteiger partial charge in [0.05, 0.1) is 23.4 Å². The molecule has 0 saturated carbocycles. The summed E-state index contributed by atoms with van der Waals surface area (Å²) in [5, 5.41) is 11.1. The lowest BCUT2D eigenvalue weighted by Crippen LogP contribution is -2.13. The fourth-order valence-corrected chi connectivity index (χ4v) is 3.44. The minimum Gasteiger partial charge on any atom is -0.497 e. The minimum absolute atomic E-state index is 0.145. The van der Waals surface area contributed by atoms with E-state index in [2.05, 4.69) is 10.2 Å². The molecule has 6 nitrogen and oxygen atoms in total. The molecule has 0 atom stereocenters. The van der Waals surface area contributed by atoms with E-state index in [4.69, 9.17) is 10.5 Å².